The fourth-order valence-electron chi connectivity index (χ4n) is 8.55. The molecule has 1 saturated heterocycles. The van der Waals surface area contributed by atoms with Gasteiger partial charge in [0.15, 0.2) is 6.29 Å². The first-order valence-electron chi connectivity index (χ1n) is 27.5. The summed E-state index contributed by atoms with van der Waals surface area (Å²) < 4.78 is 11.1. The number of amides is 1. The molecule has 11 nitrogen and oxygen atoms in total. The van der Waals surface area contributed by atoms with Crippen LogP contribution >= 0.6 is 0 Å². The Labute approximate surface area is 409 Å². The van der Waals surface area contributed by atoms with Crippen LogP contribution in [0, 0.1) is 0 Å². The Balaban J connectivity index is 2.39. The number of ether oxygens (including phenoxy) is 2. The number of hydrogen-bond donors (Lipinski definition) is 8. The summed E-state index contributed by atoms with van der Waals surface area (Å²) in [6.45, 7) is 3.43. The first-order chi connectivity index (χ1) is 32.7. The van der Waals surface area contributed by atoms with E-state index >= 15 is 0 Å². The smallest absolute Gasteiger partial charge is 0.249 e. The van der Waals surface area contributed by atoms with E-state index in [1.165, 1.54) is 122 Å². The second-order valence-electron chi connectivity index (χ2n) is 19.3. The number of allylic oxidation sites excluding steroid dienone is 8. The molecule has 0 aromatic heterocycles. The van der Waals surface area contributed by atoms with Gasteiger partial charge in [-0.05, 0) is 83.5 Å². The van der Waals surface area contributed by atoms with Gasteiger partial charge in [0.25, 0.3) is 0 Å². The van der Waals surface area contributed by atoms with Crippen molar-refractivity contribution in [1.82, 2.24) is 5.32 Å². The molecule has 11 heteroatoms. The van der Waals surface area contributed by atoms with Gasteiger partial charge in [-0.1, -0.05) is 197 Å². The van der Waals surface area contributed by atoms with Gasteiger partial charge in [-0.2, -0.15) is 0 Å². The van der Waals surface area contributed by atoms with E-state index in [4.69, 9.17) is 9.47 Å². The Morgan fingerprint density at radius 1 is 0.522 bits per heavy atom. The fraction of sp³-hybridized carbons (Fsp3) is 0.839. The third kappa shape index (κ3) is 34.1. The second kappa shape index (κ2) is 45.2. The molecule has 392 valence electrons. The first kappa shape index (κ1) is 63.1. The van der Waals surface area contributed by atoms with Gasteiger partial charge in [-0.3, -0.25) is 4.79 Å². The average Bonchev–Trinajstić information content (AvgIpc) is 3.33. The van der Waals surface area contributed by atoms with Gasteiger partial charge < -0.3 is 50.5 Å². The van der Waals surface area contributed by atoms with E-state index in [1.807, 2.05) is 0 Å². The number of carbonyl (C=O) groups is 1. The number of nitrogens with one attached hydrogen (secondary N) is 1. The Kier molecular flexibility index (Phi) is 42.6. The summed E-state index contributed by atoms with van der Waals surface area (Å²) in [7, 11) is 0. The lowest BCUT2D eigenvalue weighted by Gasteiger charge is -2.40. The summed E-state index contributed by atoms with van der Waals surface area (Å²) in [6.07, 6.45) is 44.4. The van der Waals surface area contributed by atoms with E-state index in [9.17, 15) is 40.5 Å². The molecule has 1 heterocycles. The zero-order valence-corrected chi connectivity index (χ0v) is 42.6. The molecule has 0 bridgehead atoms. The van der Waals surface area contributed by atoms with E-state index in [1.54, 1.807) is 0 Å². The third-order valence-corrected chi connectivity index (χ3v) is 13.1. The minimum atomic E-state index is -1.67. The molecule has 0 aromatic carbocycles. The van der Waals surface area contributed by atoms with Crippen LogP contribution in [0.25, 0.3) is 0 Å². The molecule has 1 fully saturated rings. The molecule has 1 aliphatic heterocycles. The molecule has 0 aromatic rings. The molecule has 0 spiro atoms. The Hall–Kier alpha value is -1.93. The Bertz CT molecular complexity index is 1230. The van der Waals surface area contributed by atoms with Crippen LogP contribution in [0.4, 0.5) is 0 Å². The highest BCUT2D eigenvalue weighted by molar-refractivity contribution is 5.80. The molecule has 8 N–H and O–H groups in total. The molecule has 1 rings (SSSR count). The van der Waals surface area contributed by atoms with Gasteiger partial charge >= 0.3 is 0 Å². The topological polar surface area (TPSA) is 189 Å². The van der Waals surface area contributed by atoms with Crippen molar-refractivity contribution in [3.8, 4) is 0 Å². The number of hydrogen-bond acceptors (Lipinski definition) is 10. The fourth-order valence-corrected chi connectivity index (χ4v) is 8.55. The van der Waals surface area contributed by atoms with Crippen LogP contribution in [0.3, 0.4) is 0 Å². The summed E-state index contributed by atoms with van der Waals surface area (Å²) in [6, 6.07) is -1.20. The van der Waals surface area contributed by atoms with Crippen molar-refractivity contribution < 1.29 is 50.0 Å². The number of aliphatic hydroxyl groups is 7. The maximum Gasteiger partial charge on any atom is 0.249 e. The van der Waals surface area contributed by atoms with E-state index in [-0.39, 0.29) is 12.8 Å². The van der Waals surface area contributed by atoms with Crippen molar-refractivity contribution in [3.63, 3.8) is 0 Å². The summed E-state index contributed by atoms with van der Waals surface area (Å²) in [5, 5.41) is 76.0. The highest BCUT2D eigenvalue weighted by atomic mass is 16.7. The molecule has 67 heavy (non-hydrogen) atoms. The predicted octanol–water partition coefficient (Wildman–Crippen LogP) is 10.9. The predicted molar refractivity (Wildman–Crippen MR) is 275 cm³/mol. The number of unbranched alkanes of at least 4 members (excludes halogenated alkanes) is 26. The summed E-state index contributed by atoms with van der Waals surface area (Å²) in [5.74, 6) is -0.719. The summed E-state index contributed by atoms with van der Waals surface area (Å²) >= 11 is 0. The minimum absolute atomic E-state index is 0.238. The average molecular weight is 950 g/mol. The second-order valence-corrected chi connectivity index (χ2v) is 19.3. The quantitative estimate of drug-likeness (QED) is 0.0215. The zero-order chi connectivity index (χ0) is 49.0. The number of carbonyl (C=O) groups excluding carboxylic acids is 1. The third-order valence-electron chi connectivity index (χ3n) is 13.1. The molecule has 0 radical (unpaired) electrons. The van der Waals surface area contributed by atoms with Crippen molar-refractivity contribution in [3.05, 3.63) is 48.6 Å². The molecular weight excluding hydrogens is 847 g/mol. The first-order valence-corrected chi connectivity index (χ1v) is 27.5. The van der Waals surface area contributed by atoms with Crippen LogP contribution in [-0.4, -0.2) is 110 Å². The van der Waals surface area contributed by atoms with E-state index in [0.717, 1.165) is 64.2 Å². The van der Waals surface area contributed by atoms with E-state index < -0.39 is 74.2 Å². The van der Waals surface area contributed by atoms with Crippen LogP contribution in [0.15, 0.2) is 48.6 Å². The molecule has 1 amide bonds. The van der Waals surface area contributed by atoms with Gasteiger partial charge in [0.1, 0.15) is 36.6 Å². The molecule has 0 saturated carbocycles. The number of aliphatic hydroxyl groups excluding tert-OH is 7. The maximum absolute atomic E-state index is 13.2. The SMILES string of the molecule is CCCCCCCCCCC/C=C\C/C=C\CCCCCCCCC(O)C(=O)NC(COC1OC(CO)C(O)C(O)C1O)C(O)C(O)CCC/C=C/CC/C=C/CCCCCCCCCCC. The highest BCUT2D eigenvalue weighted by Crippen LogP contribution is 2.23. The summed E-state index contributed by atoms with van der Waals surface area (Å²) in [4.78, 5) is 13.2. The minimum Gasteiger partial charge on any atom is -0.394 e. The van der Waals surface area contributed by atoms with Gasteiger partial charge in [-0.15, -0.1) is 0 Å². The van der Waals surface area contributed by atoms with Crippen molar-refractivity contribution in [2.75, 3.05) is 13.2 Å². The van der Waals surface area contributed by atoms with Crippen molar-refractivity contribution in [2.45, 2.75) is 287 Å². The van der Waals surface area contributed by atoms with E-state index in [0.29, 0.717) is 19.3 Å². The number of rotatable bonds is 46. The van der Waals surface area contributed by atoms with Crippen molar-refractivity contribution in [1.29, 1.82) is 0 Å². The van der Waals surface area contributed by atoms with Crippen molar-refractivity contribution in [2.24, 2.45) is 0 Å². The lowest BCUT2D eigenvalue weighted by Crippen LogP contribution is -2.60. The molecule has 9 unspecified atom stereocenters. The lowest BCUT2D eigenvalue weighted by atomic mass is 9.98. The lowest BCUT2D eigenvalue weighted by molar-refractivity contribution is -0.303. The normalized spacial score (nSPS) is 21.0. The maximum atomic E-state index is 13.2. The molecule has 0 aliphatic carbocycles. The molecular formula is C56H103NO10. The largest absolute Gasteiger partial charge is 0.394 e. The summed E-state index contributed by atoms with van der Waals surface area (Å²) in [5.41, 5.74) is 0. The standard InChI is InChI=1S/C56H103NO10/c1-3-5-7-9-11-13-15-17-19-21-23-24-25-26-28-30-32-34-36-38-40-42-44-49(60)55(65)57-47(46-66-56-54(64)53(63)52(62)50(45-58)67-56)51(61)48(59)43-41-39-37-35-33-31-29-27-22-20-18-16-14-12-10-8-6-4-2/h23-24,26-29,35,37,47-54,56,58-64H,3-22,25,30-34,36,38-46H2,1-2H3,(H,57,65)/b24-23-,28-26-,29-27+,37-35+. The highest BCUT2D eigenvalue weighted by Gasteiger charge is 2.44. The van der Waals surface area contributed by atoms with Gasteiger partial charge in [0, 0.05) is 0 Å². The van der Waals surface area contributed by atoms with Crippen LogP contribution in [0.2, 0.25) is 0 Å². The monoisotopic (exact) mass is 950 g/mol. The van der Waals surface area contributed by atoms with Gasteiger partial charge in [-0.25, -0.2) is 0 Å². The van der Waals surface area contributed by atoms with Crippen molar-refractivity contribution >= 4 is 5.91 Å². The van der Waals surface area contributed by atoms with E-state index in [2.05, 4.69) is 67.8 Å². The van der Waals surface area contributed by atoms with Gasteiger partial charge in [0.05, 0.1) is 25.4 Å². The molecule has 9 atom stereocenters. The Morgan fingerprint density at radius 2 is 0.940 bits per heavy atom. The van der Waals surface area contributed by atoms with Crippen LogP contribution in [-0.2, 0) is 14.3 Å². The zero-order valence-electron chi connectivity index (χ0n) is 42.6. The Morgan fingerprint density at radius 3 is 1.42 bits per heavy atom. The molecule has 1 aliphatic rings. The van der Waals surface area contributed by atoms with Crippen LogP contribution < -0.4 is 5.32 Å². The van der Waals surface area contributed by atoms with Gasteiger partial charge in [0.2, 0.25) is 5.91 Å². The van der Waals surface area contributed by atoms with Crippen LogP contribution in [0.1, 0.15) is 232 Å². The van der Waals surface area contributed by atoms with Crippen LogP contribution in [0.5, 0.6) is 0 Å².